The second kappa shape index (κ2) is 6.95. The van der Waals surface area contributed by atoms with Crippen LogP contribution in [-0.2, 0) is 12.1 Å². The number of hydrogen-bond donors (Lipinski definition) is 2. The molecule has 8 nitrogen and oxygen atoms in total. The lowest BCUT2D eigenvalue weighted by Crippen LogP contribution is -2.44. The molecular formula is C13H19N5O3S. The van der Waals surface area contributed by atoms with Crippen LogP contribution in [0.4, 0.5) is 5.69 Å². The second-order valence-electron chi connectivity index (χ2n) is 5.24. The zero-order chi connectivity index (χ0) is 16.2. The van der Waals surface area contributed by atoms with Crippen molar-refractivity contribution in [3.8, 4) is 0 Å². The molecule has 0 bridgehead atoms. The Bertz CT molecular complexity index is 615. The summed E-state index contributed by atoms with van der Waals surface area (Å²) in [4.78, 5) is 14.4. The van der Waals surface area contributed by atoms with Crippen molar-refractivity contribution in [1.29, 1.82) is 0 Å². The average Bonchev–Trinajstić information content (AvgIpc) is 3.16. The van der Waals surface area contributed by atoms with Crippen molar-refractivity contribution >= 4 is 17.0 Å². The smallest absolute Gasteiger partial charge is 0.306 e. The van der Waals surface area contributed by atoms with Crippen LogP contribution in [0.5, 0.6) is 0 Å². The van der Waals surface area contributed by atoms with E-state index in [2.05, 4.69) is 22.3 Å². The highest BCUT2D eigenvalue weighted by molar-refractivity contribution is 7.09. The monoisotopic (exact) mass is 325 g/mol. The van der Waals surface area contributed by atoms with Crippen molar-refractivity contribution in [3.05, 3.63) is 39.1 Å². The molecule has 0 saturated carbocycles. The van der Waals surface area contributed by atoms with Gasteiger partial charge in [-0.1, -0.05) is 6.92 Å². The summed E-state index contributed by atoms with van der Waals surface area (Å²) in [7, 11) is 0. The van der Waals surface area contributed by atoms with Crippen LogP contribution in [0.1, 0.15) is 25.3 Å². The average molecular weight is 325 g/mol. The maximum Gasteiger partial charge on any atom is 0.306 e. The van der Waals surface area contributed by atoms with Gasteiger partial charge in [-0.05, 0) is 13.3 Å². The molecular weight excluding hydrogens is 306 g/mol. The molecule has 2 unspecified atom stereocenters. The third-order valence-corrected chi connectivity index (χ3v) is 4.60. The minimum Gasteiger partial charge on any atom is -0.390 e. The Morgan fingerprint density at radius 1 is 1.64 bits per heavy atom. The Morgan fingerprint density at radius 3 is 2.95 bits per heavy atom. The molecule has 2 N–H and O–H groups in total. The molecule has 0 aromatic carbocycles. The van der Waals surface area contributed by atoms with Gasteiger partial charge in [0.1, 0.15) is 17.4 Å². The molecule has 2 rings (SSSR count). The van der Waals surface area contributed by atoms with Gasteiger partial charge in [0.05, 0.1) is 23.1 Å². The van der Waals surface area contributed by atoms with E-state index in [0.717, 1.165) is 11.4 Å². The fraction of sp³-hybridized carbons (Fsp3) is 0.538. The van der Waals surface area contributed by atoms with Crippen LogP contribution in [-0.4, -0.2) is 37.4 Å². The Balaban J connectivity index is 1.91. The molecule has 0 saturated heterocycles. The quantitative estimate of drug-likeness (QED) is 0.563. The highest BCUT2D eigenvalue weighted by Gasteiger charge is 2.27. The second-order valence-corrected chi connectivity index (χ2v) is 6.13. The number of nitro groups is 1. The van der Waals surface area contributed by atoms with E-state index >= 15 is 0 Å². The molecule has 0 aliphatic heterocycles. The normalized spacial score (nSPS) is 15.4. The number of thiazole rings is 1. The first-order chi connectivity index (χ1) is 10.4. The van der Waals surface area contributed by atoms with Crippen LogP contribution >= 0.6 is 11.3 Å². The fourth-order valence-corrected chi connectivity index (χ4v) is 2.87. The van der Waals surface area contributed by atoms with Crippen molar-refractivity contribution in [2.75, 3.05) is 6.54 Å². The van der Waals surface area contributed by atoms with Crippen molar-refractivity contribution < 1.29 is 10.0 Å². The summed E-state index contributed by atoms with van der Waals surface area (Å²) in [6.45, 7) is 4.63. The number of nitrogens with zero attached hydrogens (tertiary/aromatic N) is 4. The van der Waals surface area contributed by atoms with Gasteiger partial charge in [0.15, 0.2) is 0 Å². The van der Waals surface area contributed by atoms with E-state index in [0.29, 0.717) is 6.54 Å². The Kier molecular flexibility index (Phi) is 5.22. The molecule has 2 aromatic rings. The van der Waals surface area contributed by atoms with E-state index in [1.807, 2.05) is 12.3 Å². The van der Waals surface area contributed by atoms with Gasteiger partial charge in [0.25, 0.3) is 0 Å². The maximum atomic E-state index is 10.6. The number of aliphatic hydroxyl groups excluding tert-OH is 1. The van der Waals surface area contributed by atoms with E-state index in [1.165, 1.54) is 17.1 Å². The summed E-state index contributed by atoms with van der Waals surface area (Å²) in [5.41, 5.74) is -0.382. The summed E-state index contributed by atoms with van der Waals surface area (Å²) in [6, 6.07) is 0. The van der Waals surface area contributed by atoms with Crippen molar-refractivity contribution in [1.82, 2.24) is 20.1 Å². The number of rotatable bonds is 8. The van der Waals surface area contributed by atoms with Gasteiger partial charge in [0, 0.05) is 18.1 Å². The van der Waals surface area contributed by atoms with E-state index in [9.17, 15) is 15.2 Å². The molecule has 22 heavy (non-hydrogen) atoms. The van der Waals surface area contributed by atoms with E-state index in [4.69, 9.17) is 0 Å². The molecule has 2 atom stereocenters. The van der Waals surface area contributed by atoms with Gasteiger partial charge >= 0.3 is 5.69 Å². The predicted octanol–water partition coefficient (Wildman–Crippen LogP) is 1.52. The number of nitrogens with one attached hydrogen (secondary N) is 1. The highest BCUT2D eigenvalue weighted by atomic mass is 32.1. The lowest BCUT2D eigenvalue weighted by molar-refractivity contribution is -0.385. The summed E-state index contributed by atoms with van der Waals surface area (Å²) >= 11 is 1.57. The minimum atomic E-state index is -0.703. The molecule has 120 valence electrons. The first-order valence-corrected chi connectivity index (χ1v) is 7.82. The Labute approximate surface area is 132 Å². The topological polar surface area (TPSA) is 106 Å². The first kappa shape index (κ1) is 16.5. The molecule has 0 spiro atoms. The van der Waals surface area contributed by atoms with Gasteiger partial charge < -0.3 is 10.4 Å². The molecule has 2 aromatic heterocycles. The molecule has 0 aliphatic rings. The molecule has 9 heteroatoms. The molecule has 2 heterocycles. The molecule has 0 radical (unpaired) electrons. The number of aliphatic hydroxyl groups is 1. The zero-order valence-electron chi connectivity index (χ0n) is 12.5. The molecule has 0 fully saturated rings. The summed E-state index contributed by atoms with van der Waals surface area (Å²) < 4.78 is 1.37. The lowest BCUT2D eigenvalue weighted by atomic mass is 9.99. The minimum absolute atomic E-state index is 0.0821. The van der Waals surface area contributed by atoms with Gasteiger partial charge in [-0.2, -0.15) is 5.10 Å². The van der Waals surface area contributed by atoms with Crippen LogP contribution in [0.2, 0.25) is 0 Å². The third kappa shape index (κ3) is 3.87. The summed E-state index contributed by atoms with van der Waals surface area (Å²) in [5, 5.41) is 30.8. The van der Waals surface area contributed by atoms with E-state index in [-0.39, 0.29) is 17.8 Å². The Hall–Kier alpha value is -1.84. The van der Waals surface area contributed by atoms with Crippen LogP contribution in [0.15, 0.2) is 24.0 Å². The number of aromatic nitrogens is 3. The predicted molar refractivity (Wildman–Crippen MR) is 82.6 cm³/mol. The van der Waals surface area contributed by atoms with Gasteiger partial charge in [-0.15, -0.1) is 11.3 Å². The molecule has 0 amide bonds. The van der Waals surface area contributed by atoms with Crippen molar-refractivity contribution in [2.45, 2.75) is 38.5 Å². The summed E-state index contributed by atoms with van der Waals surface area (Å²) in [5.74, 6) is 0. The van der Waals surface area contributed by atoms with E-state index in [1.54, 1.807) is 17.5 Å². The van der Waals surface area contributed by atoms with Gasteiger partial charge in [-0.25, -0.2) is 4.98 Å². The van der Waals surface area contributed by atoms with Gasteiger partial charge in [0.2, 0.25) is 0 Å². The number of hydrogen-bond acceptors (Lipinski definition) is 7. The standard InChI is InChI=1S/C13H19N5O3S/c1-3-13(2,12-14-4-5-22-12)15-7-11(19)9-17-8-10(6-16-17)18(20)21/h4-6,8,11,15,19H,3,7,9H2,1-2H3. The van der Waals surface area contributed by atoms with Crippen molar-refractivity contribution in [2.24, 2.45) is 0 Å². The molecule has 0 aliphatic carbocycles. The highest BCUT2D eigenvalue weighted by Crippen LogP contribution is 2.26. The SMILES string of the molecule is CCC(C)(NCC(O)Cn1cc([N+](=O)[O-])cn1)c1nccs1. The third-order valence-electron chi connectivity index (χ3n) is 3.57. The van der Waals surface area contributed by atoms with Crippen LogP contribution in [0, 0.1) is 10.1 Å². The fourth-order valence-electron chi connectivity index (χ4n) is 2.02. The maximum absolute atomic E-state index is 10.6. The van der Waals surface area contributed by atoms with E-state index < -0.39 is 11.0 Å². The zero-order valence-corrected chi connectivity index (χ0v) is 13.3. The van der Waals surface area contributed by atoms with Crippen LogP contribution < -0.4 is 5.32 Å². The van der Waals surface area contributed by atoms with Crippen LogP contribution in [0.3, 0.4) is 0 Å². The lowest BCUT2D eigenvalue weighted by Gasteiger charge is -2.28. The van der Waals surface area contributed by atoms with Crippen molar-refractivity contribution in [3.63, 3.8) is 0 Å². The van der Waals surface area contributed by atoms with Crippen LogP contribution in [0.25, 0.3) is 0 Å². The van der Waals surface area contributed by atoms with Gasteiger partial charge in [-0.3, -0.25) is 14.8 Å². The summed E-state index contributed by atoms with van der Waals surface area (Å²) in [6.07, 6.45) is 4.37. The Morgan fingerprint density at radius 2 is 2.41 bits per heavy atom. The largest absolute Gasteiger partial charge is 0.390 e. The first-order valence-electron chi connectivity index (χ1n) is 6.94.